The smallest absolute Gasteiger partial charge is 0.251 e. The summed E-state index contributed by atoms with van der Waals surface area (Å²) in [6.07, 6.45) is 1.50. The molecule has 0 aliphatic heterocycles. The number of hydrogen-bond acceptors (Lipinski definition) is 4. The van der Waals surface area contributed by atoms with E-state index in [9.17, 15) is 9.59 Å². The van der Waals surface area contributed by atoms with Crippen LogP contribution < -0.4 is 20.3 Å². The van der Waals surface area contributed by atoms with E-state index in [0.29, 0.717) is 37.1 Å². The highest BCUT2D eigenvalue weighted by atomic mass is 16.5. The van der Waals surface area contributed by atoms with Gasteiger partial charge < -0.3 is 19.8 Å². The molecule has 146 valence electrons. The number of H-pyrrole nitrogens is 1. The number of ether oxygens (including phenoxy) is 2. The normalized spacial score (nSPS) is 10.6. The summed E-state index contributed by atoms with van der Waals surface area (Å²) in [4.78, 5) is 27.2. The Labute approximate surface area is 163 Å². The van der Waals surface area contributed by atoms with Crippen molar-refractivity contribution >= 4 is 16.8 Å². The van der Waals surface area contributed by atoms with Crippen LogP contribution in [-0.4, -0.2) is 31.7 Å². The van der Waals surface area contributed by atoms with E-state index in [2.05, 4.69) is 10.3 Å². The molecule has 3 rings (SSSR count). The molecule has 2 N–H and O–H groups in total. The third kappa shape index (κ3) is 4.91. The molecule has 0 atom stereocenters. The zero-order valence-corrected chi connectivity index (χ0v) is 16.1. The van der Waals surface area contributed by atoms with Gasteiger partial charge in [0, 0.05) is 24.6 Å². The average molecular weight is 380 g/mol. The minimum Gasteiger partial charge on any atom is -0.497 e. The van der Waals surface area contributed by atoms with Crippen molar-refractivity contribution in [2.24, 2.45) is 0 Å². The molecule has 1 heterocycles. The predicted octanol–water partition coefficient (Wildman–Crippen LogP) is 2.84. The van der Waals surface area contributed by atoms with Crippen LogP contribution in [0.3, 0.4) is 0 Å². The first kappa shape index (κ1) is 19.5. The molecule has 6 nitrogen and oxygen atoms in total. The van der Waals surface area contributed by atoms with Crippen LogP contribution in [0.4, 0.5) is 0 Å². The van der Waals surface area contributed by atoms with Crippen LogP contribution in [-0.2, 0) is 17.6 Å². The standard InChI is InChI=1S/C22H24N2O4/c1-27-18-5-3-4-15(12-18)6-9-21(25)23-11-10-17-13-16-7-8-19(28-2)14-20(16)24-22(17)26/h3-5,7-8,12-14H,6,9-11H2,1-2H3,(H,23,25)(H,24,26). The predicted molar refractivity (Wildman–Crippen MR) is 109 cm³/mol. The molecule has 0 saturated carbocycles. The number of nitrogens with one attached hydrogen (secondary N) is 2. The van der Waals surface area contributed by atoms with Gasteiger partial charge in [-0.3, -0.25) is 9.59 Å². The summed E-state index contributed by atoms with van der Waals surface area (Å²) in [6, 6.07) is 15.1. The number of benzene rings is 2. The van der Waals surface area contributed by atoms with Gasteiger partial charge in [0.25, 0.3) is 5.56 Å². The van der Waals surface area contributed by atoms with Crippen molar-refractivity contribution in [1.82, 2.24) is 10.3 Å². The molecule has 0 radical (unpaired) electrons. The maximum atomic E-state index is 12.3. The minimum atomic E-state index is -0.147. The van der Waals surface area contributed by atoms with Gasteiger partial charge in [0.1, 0.15) is 11.5 Å². The third-order valence-electron chi connectivity index (χ3n) is 4.62. The molecule has 0 spiro atoms. The summed E-state index contributed by atoms with van der Waals surface area (Å²) in [6.45, 7) is 0.418. The van der Waals surface area contributed by atoms with Gasteiger partial charge in [0.15, 0.2) is 0 Å². The fraction of sp³-hybridized carbons (Fsp3) is 0.273. The van der Waals surface area contributed by atoms with Gasteiger partial charge >= 0.3 is 0 Å². The maximum absolute atomic E-state index is 12.3. The van der Waals surface area contributed by atoms with Crippen LogP contribution in [0.25, 0.3) is 10.9 Å². The summed E-state index contributed by atoms with van der Waals surface area (Å²) in [5.74, 6) is 1.44. The summed E-state index contributed by atoms with van der Waals surface area (Å²) in [7, 11) is 3.21. The Hall–Kier alpha value is -3.28. The first-order valence-electron chi connectivity index (χ1n) is 9.18. The molecule has 6 heteroatoms. The number of carbonyl (C=O) groups excluding carboxylic acids is 1. The Morgan fingerprint density at radius 1 is 1.00 bits per heavy atom. The van der Waals surface area contributed by atoms with Crippen molar-refractivity contribution in [3.63, 3.8) is 0 Å². The van der Waals surface area contributed by atoms with E-state index in [1.807, 2.05) is 42.5 Å². The van der Waals surface area contributed by atoms with Crippen molar-refractivity contribution in [2.75, 3.05) is 20.8 Å². The number of amides is 1. The van der Waals surface area contributed by atoms with Crippen molar-refractivity contribution < 1.29 is 14.3 Å². The molecule has 0 fully saturated rings. The summed E-state index contributed by atoms with van der Waals surface area (Å²) in [5, 5.41) is 3.81. The van der Waals surface area contributed by atoms with Crippen LogP contribution in [0.5, 0.6) is 11.5 Å². The number of methoxy groups -OCH3 is 2. The fourth-order valence-electron chi connectivity index (χ4n) is 3.05. The molecular weight excluding hydrogens is 356 g/mol. The molecular formula is C22H24N2O4. The number of aromatic nitrogens is 1. The second kappa shape index (κ2) is 9.08. The molecule has 28 heavy (non-hydrogen) atoms. The molecule has 0 saturated heterocycles. The lowest BCUT2D eigenvalue weighted by Gasteiger charge is -2.08. The van der Waals surface area contributed by atoms with Crippen molar-refractivity contribution in [1.29, 1.82) is 0 Å². The molecule has 2 aromatic carbocycles. The molecule has 0 aliphatic rings. The second-order valence-electron chi connectivity index (χ2n) is 6.53. The monoisotopic (exact) mass is 380 g/mol. The van der Waals surface area contributed by atoms with Crippen molar-refractivity contribution in [2.45, 2.75) is 19.3 Å². The minimum absolute atomic E-state index is 0.0372. The highest BCUT2D eigenvalue weighted by Gasteiger charge is 2.07. The first-order valence-corrected chi connectivity index (χ1v) is 9.18. The third-order valence-corrected chi connectivity index (χ3v) is 4.62. The Bertz CT molecular complexity index is 1030. The second-order valence-corrected chi connectivity index (χ2v) is 6.53. The lowest BCUT2D eigenvalue weighted by atomic mass is 10.1. The summed E-state index contributed by atoms with van der Waals surface area (Å²) in [5.41, 5.74) is 2.28. The lowest BCUT2D eigenvalue weighted by molar-refractivity contribution is -0.121. The van der Waals surface area contributed by atoms with Gasteiger partial charge in [-0.25, -0.2) is 0 Å². The van der Waals surface area contributed by atoms with E-state index in [4.69, 9.17) is 9.47 Å². The largest absolute Gasteiger partial charge is 0.497 e. The maximum Gasteiger partial charge on any atom is 0.251 e. The van der Waals surface area contributed by atoms with Gasteiger partial charge in [0.05, 0.1) is 19.7 Å². The molecule has 1 amide bonds. The first-order chi connectivity index (χ1) is 13.6. The zero-order chi connectivity index (χ0) is 19.9. The fourth-order valence-corrected chi connectivity index (χ4v) is 3.05. The quantitative estimate of drug-likeness (QED) is 0.630. The van der Waals surface area contributed by atoms with Crippen molar-refractivity contribution in [3.05, 3.63) is 70.0 Å². The van der Waals surface area contributed by atoms with Gasteiger partial charge in [-0.15, -0.1) is 0 Å². The van der Waals surface area contributed by atoms with E-state index in [1.54, 1.807) is 20.3 Å². The molecule has 0 unspecified atom stereocenters. The van der Waals surface area contributed by atoms with Crippen LogP contribution in [0.15, 0.2) is 53.3 Å². The number of pyridine rings is 1. The Morgan fingerprint density at radius 3 is 2.57 bits per heavy atom. The molecule has 0 bridgehead atoms. The van der Waals surface area contributed by atoms with Crippen LogP contribution in [0.2, 0.25) is 0 Å². The summed E-state index contributed by atoms with van der Waals surface area (Å²) < 4.78 is 10.4. The van der Waals surface area contributed by atoms with E-state index < -0.39 is 0 Å². The zero-order valence-electron chi connectivity index (χ0n) is 16.1. The van der Waals surface area contributed by atoms with E-state index in [1.165, 1.54) is 0 Å². The Morgan fingerprint density at radius 2 is 1.79 bits per heavy atom. The topological polar surface area (TPSA) is 80.4 Å². The van der Waals surface area contributed by atoms with E-state index in [0.717, 1.165) is 22.2 Å². The molecule has 1 aromatic heterocycles. The number of aryl methyl sites for hydroxylation is 1. The van der Waals surface area contributed by atoms with E-state index >= 15 is 0 Å². The van der Waals surface area contributed by atoms with Gasteiger partial charge in [-0.1, -0.05) is 12.1 Å². The number of hydrogen-bond donors (Lipinski definition) is 2. The van der Waals surface area contributed by atoms with Crippen LogP contribution in [0, 0.1) is 0 Å². The highest BCUT2D eigenvalue weighted by Crippen LogP contribution is 2.18. The highest BCUT2D eigenvalue weighted by molar-refractivity contribution is 5.80. The number of carbonyl (C=O) groups is 1. The summed E-state index contributed by atoms with van der Waals surface area (Å²) >= 11 is 0. The molecule has 0 aliphatic carbocycles. The van der Waals surface area contributed by atoms with Crippen LogP contribution in [0.1, 0.15) is 17.5 Å². The number of aromatic amines is 1. The SMILES string of the molecule is COc1cccc(CCC(=O)NCCc2cc3ccc(OC)cc3[nH]c2=O)c1. The van der Waals surface area contributed by atoms with Gasteiger partial charge in [0.2, 0.25) is 5.91 Å². The Balaban J connectivity index is 1.53. The number of fused-ring (bicyclic) bond motifs is 1. The van der Waals surface area contributed by atoms with Gasteiger partial charge in [-0.05, 0) is 54.1 Å². The molecule has 3 aromatic rings. The van der Waals surface area contributed by atoms with Gasteiger partial charge in [-0.2, -0.15) is 0 Å². The van der Waals surface area contributed by atoms with Crippen molar-refractivity contribution in [3.8, 4) is 11.5 Å². The Kier molecular flexibility index (Phi) is 6.32. The lowest BCUT2D eigenvalue weighted by Crippen LogP contribution is -2.27. The number of rotatable bonds is 8. The van der Waals surface area contributed by atoms with Crippen LogP contribution >= 0.6 is 0 Å². The van der Waals surface area contributed by atoms with E-state index in [-0.39, 0.29) is 11.5 Å². The average Bonchev–Trinajstić information content (AvgIpc) is 2.72.